The highest BCUT2D eigenvalue weighted by atomic mass is 19.1. The average molecular weight is 386 g/mol. The Labute approximate surface area is 164 Å². The molecule has 150 valence electrons. The summed E-state index contributed by atoms with van der Waals surface area (Å²) in [7, 11) is 0. The van der Waals surface area contributed by atoms with Crippen LogP contribution in [0.3, 0.4) is 0 Å². The van der Waals surface area contributed by atoms with E-state index in [2.05, 4.69) is 22.9 Å². The smallest absolute Gasteiger partial charge is 0.324 e. The van der Waals surface area contributed by atoms with Gasteiger partial charge in [0.1, 0.15) is 11.6 Å². The molecular weight excluding hydrogens is 359 g/mol. The summed E-state index contributed by atoms with van der Waals surface area (Å²) >= 11 is 0. The molecule has 2 atom stereocenters. The van der Waals surface area contributed by atoms with Crippen molar-refractivity contribution < 1.29 is 14.3 Å². The summed E-state index contributed by atoms with van der Waals surface area (Å²) in [5.74, 6) is 0.751. The van der Waals surface area contributed by atoms with E-state index < -0.39 is 5.60 Å². The number of nitrogens with zero attached hydrogens (tertiary/aromatic N) is 4. The Bertz CT molecular complexity index is 810. The summed E-state index contributed by atoms with van der Waals surface area (Å²) < 4.78 is 13.1. The molecule has 1 aromatic heterocycles. The minimum absolute atomic E-state index is 0.00563. The number of urea groups is 1. The van der Waals surface area contributed by atoms with Gasteiger partial charge in [0.15, 0.2) is 0 Å². The molecule has 28 heavy (non-hydrogen) atoms. The number of carbonyl (C=O) groups excluding carboxylic acids is 1. The van der Waals surface area contributed by atoms with Gasteiger partial charge in [-0.1, -0.05) is 13.0 Å². The van der Waals surface area contributed by atoms with Crippen LogP contribution in [-0.2, 0) is 0 Å². The van der Waals surface area contributed by atoms with Gasteiger partial charge in [-0.2, -0.15) is 0 Å². The van der Waals surface area contributed by atoms with Crippen LogP contribution in [0.5, 0.6) is 0 Å². The molecule has 3 heterocycles. The SMILES string of the molecule is C[C@H]1C=CC2=C(C1)C(C)(O)CCN2C(=O)N1CCN(c2ccc(F)cn2)CC1. The molecule has 4 rings (SSSR count). The van der Waals surface area contributed by atoms with E-state index in [1.54, 1.807) is 6.07 Å². The highest BCUT2D eigenvalue weighted by molar-refractivity contribution is 5.78. The van der Waals surface area contributed by atoms with Crippen LogP contribution in [0.2, 0.25) is 0 Å². The van der Waals surface area contributed by atoms with Crippen molar-refractivity contribution in [2.24, 2.45) is 5.92 Å². The molecule has 1 saturated heterocycles. The lowest BCUT2D eigenvalue weighted by Gasteiger charge is -2.44. The van der Waals surface area contributed by atoms with Gasteiger partial charge >= 0.3 is 6.03 Å². The zero-order valence-electron chi connectivity index (χ0n) is 16.4. The third-order valence-electron chi connectivity index (χ3n) is 6.00. The Kier molecular flexibility index (Phi) is 4.87. The molecular formula is C21H27FN4O2. The minimum Gasteiger partial charge on any atom is -0.386 e. The van der Waals surface area contributed by atoms with Gasteiger partial charge in [0.2, 0.25) is 0 Å². The van der Waals surface area contributed by atoms with E-state index >= 15 is 0 Å². The quantitative estimate of drug-likeness (QED) is 0.806. The van der Waals surface area contributed by atoms with Crippen LogP contribution in [0, 0.1) is 11.7 Å². The first-order valence-corrected chi connectivity index (χ1v) is 9.92. The molecule has 7 heteroatoms. The van der Waals surface area contributed by atoms with E-state index in [-0.39, 0.29) is 11.8 Å². The topological polar surface area (TPSA) is 59.9 Å². The molecule has 1 unspecified atom stereocenters. The van der Waals surface area contributed by atoms with Crippen molar-refractivity contribution in [2.45, 2.75) is 32.3 Å². The first-order valence-electron chi connectivity index (χ1n) is 9.92. The molecule has 0 aromatic carbocycles. The van der Waals surface area contributed by atoms with Gasteiger partial charge in [-0.05, 0) is 49.5 Å². The molecule has 0 spiro atoms. The van der Waals surface area contributed by atoms with E-state index in [4.69, 9.17) is 0 Å². The number of amides is 2. The van der Waals surface area contributed by atoms with Crippen molar-refractivity contribution in [3.05, 3.63) is 47.6 Å². The third-order valence-corrected chi connectivity index (χ3v) is 6.00. The number of allylic oxidation sites excluding steroid dienone is 2. The molecule has 2 aliphatic heterocycles. The molecule has 1 N–H and O–H groups in total. The summed E-state index contributed by atoms with van der Waals surface area (Å²) in [5.41, 5.74) is 0.983. The number of hydrogen-bond acceptors (Lipinski definition) is 4. The van der Waals surface area contributed by atoms with Gasteiger partial charge in [0.05, 0.1) is 11.8 Å². The molecule has 1 aromatic rings. The number of rotatable bonds is 1. The van der Waals surface area contributed by atoms with Crippen molar-refractivity contribution in [1.29, 1.82) is 0 Å². The van der Waals surface area contributed by atoms with Crippen LogP contribution >= 0.6 is 0 Å². The van der Waals surface area contributed by atoms with Crippen LogP contribution in [0.1, 0.15) is 26.7 Å². The average Bonchev–Trinajstić information content (AvgIpc) is 2.69. The van der Waals surface area contributed by atoms with Crippen molar-refractivity contribution >= 4 is 11.8 Å². The van der Waals surface area contributed by atoms with Crippen molar-refractivity contribution in [3.63, 3.8) is 0 Å². The number of piperazine rings is 1. The maximum atomic E-state index is 13.2. The molecule has 1 aliphatic carbocycles. The number of aromatic nitrogens is 1. The largest absolute Gasteiger partial charge is 0.386 e. The summed E-state index contributed by atoms with van der Waals surface area (Å²) in [4.78, 5) is 23.1. The Hall–Kier alpha value is -2.41. The maximum Gasteiger partial charge on any atom is 0.324 e. The van der Waals surface area contributed by atoms with Gasteiger partial charge in [-0.3, -0.25) is 4.90 Å². The van der Waals surface area contributed by atoms with Crippen LogP contribution in [0.15, 0.2) is 41.8 Å². The van der Waals surface area contributed by atoms with Crippen molar-refractivity contribution in [3.8, 4) is 0 Å². The maximum absolute atomic E-state index is 13.2. The number of halogens is 1. The predicted octanol–water partition coefficient (Wildman–Crippen LogP) is 2.77. The summed E-state index contributed by atoms with van der Waals surface area (Å²) in [5, 5.41) is 10.8. The first-order chi connectivity index (χ1) is 13.3. The number of hydrogen-bond donors (Lipinski definition) is 1. The van der Waals surface area contributed by atoms with E-state index in [1.165, 1.54) is 12.3 Å². The minimum atomic E-state index is -0.849. The second-order valence-corrected chi connectivity index (χ2v) is 8.17. The lowest BCUT2D eigenvalue weighted by atomic mass is 9.79. The van der Waals surface area contributed by atoms with E-state index in [0.717, 1.165) is 23.5 Å². The molecule has 6 nitrogen and oxygen atoms in total. The number of carbonyl (C=O) groups is 1. The van der Waals surface area contributed by atoms with E-state index in [9.17, 15) is 14.3 Å². The van der Waals surface area contributed by atoms with Crippen LogP contribution < -0.4 is 4.90 Å². The Morgan fingerprint density at radius 1 is 1.25 bits per heavy atom. The van der Waals surface area contributed by atoms with Crippen molar-refractivity contribution in [2.75, 3.05) is 37.6 Å². The summed E-state index contributed by atoms with van der Waals surface area (Å²) in [6, 6.07) is 3.07. The molecule has 0 radical (unpaired) electrons. The first kappa shape index (κ1) is 18.9. The van der Waals surface area contributed by atoms with Gasteiger partial charge in [-0.25, -0.2) is 14.2 Å². The Morgan fingerprint density at radius 3 is 2.68 bits per heavy atom. The van der Waals surface area contributed by atoms with E-state index in [0.29, 0.717) is 45.1 Å². The monoisotopic (exact) mass is 386 g/mol. The van der Waals surface area contributed by atoms with Crippen molar-refractivity contribution in [1.82, 2.24) is 14.8 Å². The van der Waals surface area contributed by atoms with Crippen LogP contribution in [0.25, 0.3) is 0 Å². The highest BCUT2D eigenvalue weighted by Gasteiger charge is 2.39. The molecule has 2 amide bonds. The summed E-state index contributed by atoms with van der Waals surface area (Å²) in [6.07, 6.45) is 6.66. The lowest BCUT2D eigenvalue weighted by molar-refractivity contribution is 0.0570. The Balaban J connectivity index is 1.46. The number of pyridine rings is 1. The normalized spacial score (nSPS) is 27.9. The molecule has 0 bridgehead atoms. The molecule has 0 saturated carbocycles. The fraction of sp³-hybridized carbons (Fsp3) is 0.524. The van der Waals surface area contributed by atoms with E-state index in [1.807, 2.05) is 22.8 Å². The van der Waals surface area contributed by atoms with Gasteiger partial charge in [0, 0.05) is 38.4 Å². The van der Waals surface area contributed by atoms with Gasteiger partial charge < -0.3 is 14.9 Å². The van der Waals surface area contributed by atoms with Crippen LogP contribution in [-0.4, -0.2) is 64.2 Å². The summed E-state index contributed by atoms with van der Waals surface area (Å²) in [6.45, 7) is 7.00. The number of aliphatic hydroxyl groups is 1. The third kappa shape index (κ3) is 3.51. The fourth-order valence-corrected chi connectivity index (χ4v) is 4.25. The molecule has 3 aliphatic rings. The fourth-order valence-electron chi connectivity index (χ4n) is 4.25. The zero-order chi connectivity index (χ0) is 19.9. The molecule has 1 fully saturated rings. The second-order valence-electron chi connectivity index (χ2n) is 8.17. The second kappa shape index (κ2) is 7.20. The van der Waals surface area contributed by atoms with Gasteiger partial charge in [0.25, 0.3) is 0 Å². The van der Waals surface area contributed by atoms with Crippen LogP contribution in [0.4, 0.5) is 15.0 Å². The number of anilines is 1. The zero-order valence-corrected chi connectivity index (χ0v) is 16.4. The highest BCUT2D eigenvalue weighted by Crippen LogP contribution is 2.39. The Morgan fingerprint density at radius 2 is 2.00 bits per heavy atom. The lowest BCUT2D eigenvalue weighted by Crippen LogP contribution is -2.55. The predicted molar refractivity (Wildman–Crippen MR) is 105 cm³/mol. The van der Waals surface area contributed by atoms with Gasteiger partial charge in [-0.15, -0.1) is 0 Å². The standard InChI is InChI=1S/C21H27FN4O2/c1-15-3-5-18-17(13-15)21(2,28)7-8-26(18)20(27)25-11-9-24(10-12-25)19-6-4-16(22)14-23-19/h3-6,14-15,28H,7-13H2,1-2H3/t15-,21?/m0/s1.